The second-order valence-electron chi connectivity index (χ2n) is 18.6. The molecule has 276 valence electrons. The van der Waals surface area contributed by atoms with E-state index in [0.717, 1.165) is 38.8 Å². The fourth-order valence-electron chi connectivity index (χ4n) is 13.8. The van der Waals surface area contributed by atoms with Crippen LogP contribution in [0.5, 0.6) is 0 Å². The largest absolute Gasteiger partial charge is 0.465 e. The molecule has 0 bridgehead atoms. The molecule has 7 rings (SSSR count). The number of benzene rings is 1. The van der Waals surface area contributed by atoms with Crippen LogP contribution in [0.4, 0.5) is 0 Å². The van der Waals surface area contributed by atoms with E-state index >= 15 is 0 Å². The van der Waals surface area contributed by atoms with E-state index in [2.05, 4.69) is 63.0 Å². The zero-order valence-corrected chi connectivity index (χ0v) is 32.6. The van der Waals surface area contributed by atoms with Gasteiger partial charge in [0.15, 0.2) is 9.84 Å². The first kappa shape index (κ1) is 36.3. The number of rotatable bonds is 7. The molecule has 50 heavy (non-hydrogen) atoms. The number of ether oxygens (including phenoxy) is 1. The fraction of sp³-hybridized carbons (Fsp3) is 0.762. The molecule has 9 atom stereocenters. The topological polar surface area (TPSA) is 92.8 Å². The quantitative estimate of drug-likeness (QED) is 0.300. The zero-order chi connectivity index (χ0) is 35.9. The van der Waals surface area contributed by atoms with Crippen molar-refractivity contribution in [2.24, 2.45) is 51.2 Å². The third-order valence-corrected chi connectivity index (χ3v) is 18.1. The van der Waals surface area contributed by atoms with Crippen molar-refractivity contribution >= 4 is 27.2 Å². The van der Waals surface area contributed by atoms with Gasteiger partial charge in [0.25, 0.3) is 0 Å². The van der Waals surface area contributed by atoms with Gasteiger partial charge in [-0.1, -0.05) is 52.8 Å². The molecule has 5 fully saturated rings. The molecule has 1 aliphatic heterocycles. The van der Waals surface area contributed by atoms with E-state index in [1.54, 1.807) is 0 Å². The minimum atomic E-state index is -2.89. The van der Waals surface area contributed by atoms with Crippen molar-refractivity contribution in [1.29, 1.82) is 0 Å². The lowest BCUT2D eigenvalue weighted by molar-refractivity contribution is -0.220. The Hall–Kier alpha value is -2.03. The molecule has 1 saturated heterocycles. The molecule has 7 nitrogen and oxygen atoms in total. The second kappa shape index (κ2) is 12.5. The minimum Gasteiger partial charge on any atom is -0.465 e. The van der Waals surface area contributed by atoms with Crippen molar-refractivity contribution in [2.75, 3.05) is 44.8 Å². The molecule has 1 heterocycles. The minimum absolute atomic E-state index is 0.000557. The number of fused-ring (bicyclic) bond motifs is 7. The Morgan fingerprint density at radius 3 is 2.24 bits per heavy atom. The first-order valence-corrected chi connectivity index (χ1v) is 21.4. The average molecular weight is 707 g/mol. The van der Waals surface area contributed by atoms with Crippen molar-refractivity contribution in [3.63, 3.8) is 0 Å². The van der Waals surface area contributed by atoms with Crippen molar-refractivity contribution in [3.8, 4) is 0 Å². The number of esters is 1. The van der Waals surface area contributed by atoms with Crippen LogP contribution in [0.3, 0.4) is 0 Å². The summed E-state index contributed by atoms with van der Waals surface area (Å²) in [6.45, 7) is 17.7. The van der Waals surface area contributed by atoms with Gasteiger partial charge in [0.1, 0.15) is 5.78 Å². The maximum Gasteiger partial charge on any atom is 0.337 e. The Morgan fingerprint density at radius 2 is 1.58 bits per heavy atom. The molecule has 0 aromatic heterocycles. The van der Waals surface area contributed by atoms with Gasteiger partial charge in [-0.25, -0.2) is 13.2 Å². The average Bonchev–Trinajstić information content (AvgIpc) is 3.45. The van der Waals surface area contributed by atoms with Crippen molar-refractivity contribution < 1.29 is 22.7 Å². The summed E-state index contributed by atoms with van der Waals surface area (Å²) in [6, 6.07) is 8.02. The van der Waals surface area contributed by atoms with Crippen LogP contribution in [0.2, 0.25) is 0 Å². The Balaban J connectivity index is 1.14. The van der Waals surface area contributed by atoms with E-state index in [1.165, 1.54) is 50.4 Å². The first-order valence-electron chi connectivity index (χ1n) is 19.6. The van der Waals surface area contributed by atoms with Crippen LogP contribution < -0.4 is 5.32 Å². The van der Waals surface area contributed by atoms with Gasteiger partial charge >= 0.3 is 5.97 Å². The third-order valence-electron chi connectivity index (χ3n) is 16.5. The summed E-state index contributed by atoms with van der Waals surface area (Å²) in [5, 5.41) is 4.10. The highest BCUT2D eigenvalue weighted by atomic mass is 32.2. The van der Waals surface area contributed by atoms with E-state index in [1.807, 2.05) is 19.1 Å². The number of carbonyl (C=O) groups is 2. The van der Waals surface area contributed by atoms with Crippen LogP contribution in [0.25, 0.3) is 5.57 Å². The number of nitrogens with zero attached hydrogens (tertiary/aromatic N) is 1. The molecule has 6 aliphatic rings. The maximum absolute atomic E-state index is 13.4. The molecule has 0 amide bonds. The molecule has 9 unspecified atom stereocenters. The lowest BCUT2D eigenvalue weighted by Crippen LogP contribution is -2.68. The van der Waals surface area contributed by atoms with Crippen LogP contribution in [-0.4, -0.2) is 75.4 Å². The third kappa shape index (κ3) is 5.50. The monoisotopic (exact) mass is 706 g/mol. The van der Waals surface area contributed by atoms with Crippen LogP contribution in [0, 0.1) is 51.2 Å². The van der Waals surface area contributed by atoms with Gasteiger partial charge in [-0.15, -0.1) is 0 Å². The standard InChI is InChI=1S/C42H62N2O5S/c1-28(45)31-14-19-42(43-22-23-44-24-26-50(47,48)27-25-44)21-20-40(5)33(36(31)42)12-13-35-39(4)17-15-32(29-8-10-30(11-9-29)37(46)49-7)38(2,3)34(39)16-18-41(35,40)6/h8-11,15,31,33-36,43H,12-14,16-27H2,1-7H3. The lowest BCUT2D eigenvalue weighted by Gasteiger charge is -2.72. The van der Waals surface area contributed by atoms with E-state index in [-0.39, 0.29) is 50.6 Å². The predicted octanol–water partition coefficient (Wildman–Crippen LogP) is 7.21. The molecular formula is C42H62N2O5S. The van der Waals surface area contributed by atoms with Gasteiger partial charge in [-0.2, -0.15) is 0 Å². The van der Waals surface area contributed by atoms with Crippen LogP contribution >= 0.6 is 0 Å². The number of sulfone groups is 1. The SMILES string of the molecule is COC(=O)c1ccc(C2=CCC3(C)C(CCC4(C)C3CCC3C5C(C(C)=O)CCC5(NCCN5CCS(=O)(=O)CC5)CCC34C)C2(C)C)cc1. The summed E-state index contributed by atoms with van der Waals surface area (Å²) in [4.78, 5) is 27.8. The van der Waals surface area contributed by atoms with Gasteiger partial charge in [-0.3, -0.25) is 4.79 Å². The fourth-order valence-corrected chi connectivity index (χ4v) is 15.1. The first-order chi connectivity index (χ1) is 23.5. The highest BCUT2D eigenvalue weighted by Gasteiger charge is 2.70. The summed E-state index contributed by atoms with van der Waals surface area (Å²) in [6.07, 6.45) is 12.9. The second-order valence-corrected chi connectivity index (χ2v) is 20.9. The number of allylic oxidation sites excluding steroid dienone is 2. The normalized spacial score (nSPS) is 41.9. The number of ketones is 1. The number of Topliss-reactive ketones (excluding diaryl/α,β-unsaturated/α-hetero) is 1. The Labute approximate surface area is 301 Å². The highest BCUT2D eigenvalue weighted by molar-refractivity contribution is 7.91. The summed E-state index contributed by atoms with van der Waals surface area (Å²) >= 11 is 0. The molecular weight excluding hydrogens is 645 g/mol. The van der Waals surface area contributed by atoms with E-state index in [0.29, 0.717) is 48.1 Å². The van der Waals surface area contributed by atoms with Crippen molar-refractivity contribution in [1.82, 2.24) is 10.2 Å². The molecule has 0 radical (unpaired) electrons. The van der Waals surface area contributed by atoms with Gasteiger partial charge in [0, 0.05) is 37.6 Å². The number of methoxy groups -OCH3 is 1. The lowest BCUT2D eigenvalue weighted by atomic mass is 9.33. The van der Waals surface area contributed by atoms with Gasteiger partial charge in [-0.05, 0) is 133 Å². The Kier molecular flexibility index (Phi) is 9.11. The predicted molar refractivity (Wildman–Crippen MR) is 199 cm³/mol. The summed E-state index contributed by atoms with van der Waals surface area (Å²) in [5.74, 6) is 2.83. The number of hydrogen-bond acceptors (Lipinski definition) is 7. The number of carbonyl (C=O) groups excluding carboxylic acids is 2. The van der Waals surface area contributed by atoms with Crippen molar-refractivity contribution in [3.05, 3.63) is 41.5 Å². The van der Waals surface area contributed by atoms with Crippen LogP contribution in [0.1, 0.15) is 115 Å². The Morgan fingerprint density at radius 1 is 0.880 bits per heavy atom. The van der Waals surface area contributed by atoms with Crippen molar-refractivity contribution in [2.45, 2.75) is 105 Å². The van der Waals surface area contributed by atoms with Gasteiger partial charge < -0.3 is 15.0 Å². The molecule has 4 saturated carbocycles. The molecule has 1 N–H and O–H groups in total. The zero-order valence-electron chi connectivity index (χ0n) is 31.8. The molecule has 1 aromatic rings. The molecule has 5 aliphatic carbocycles. The summed E-state index contributed by atoms with van der Waals surface area (Å²) in [5.41, 5.74) is 3.81. The van der Waals surface area contributed by atoms with Gasteiger partial charge in [0.05, 0.1) is 24.2 Å². The van der Waals surface area contributed by atoms with E-state index < -0.39 is 9.84 Å². The van der Waals surface area contributed by atoms with E-state index in [9.17, 15) is 18.0 Å². The highest BCUT2D eigenvalue weighted by Crippen LogP contribution is 2.76. The number of hydrogen-bond donors (Lipinski definition) is 1. The molecule has 0 spiro atoms. The number of nitrogens with one attached hydrogen (secondary N) is 1. The van der Waals surface area contributed by atoms with Crippen LogP contribution in [0.15, 0.2) is 30.3 Å². The molecule has 1 aromatic carbocycles. The molecule has 8 heteroatoms. The smallest absolute Gasteiger partial charge is 0.337 e. The Bertz CT molecular complexity index is 1640. The maximum atomic E-state index is 13.4. The van der Waals surface area contributed by atoms with Crippen LogP contribution in [-0.2, 0) is 19.4 Å². The summed E-state index contributed by atoms with van der Waals surface area (Å²) in [7, 11) is -1.45. The van der Waals surface area contributed by atoms with Gasteiger partial charge in [0.2, 0.25) is 0 Å². The van der Waals surface area contributed by atoms with E-state index in [4.69, 9.17) is 4.74 Å². The summed E-state index contributed by atoms with van der Waals surface area (Å²) < 4.78 is 29.0.